The molecule has 194 valence electrons. The van der Waals surface area contributed by atoms with Gasteiger partial charge in [0, 0.05) is 56.2 Å². The molecule has 0 bridgehead atoms. The highest BCUT2D eigenvalue weighted by Gasteiger charge is 2.29. The van der Waals surface area contributed by atoms with Gasteiger partial charge in [-0.05, 0) is 57.6 Å². The molecule has 0 spiro atoms. The molecule has 1 aliphatic heterocycles. The number of aliphatic hydroxyl groups excluding tert-OH is 1. The Morgan fingerprint density at radius 1 is 1.14 bits per heavy atom. The van der Waals surface area contributed by atoms with Crippen molar-refractivity contribution in [3.63, 3.8) is 0 Å². The van der Waals surface area contributed by atoms with Crippen molar-refractivity contribution in [3.05, 3.63) is 75.6 Å². The van der Waals surface area contributed by atoms with Crippen molar-refractivity contribution in [2.24, 2.45) is 0 Å². The van der Waals surface area contributed by atoms with Crippen LogP contribution in [0.1, 0.15) is 29.1 Å². The number of rotatable bonds is 6. The first-order chi connectivity index (χ1) is 18.0. The summed E-state index contributed by atoms with van der Waals surface area (Å²) in [6, 6.07) is 11.9. The highest BCUT2D eigenvalue weighted by Crippen LogP contribution is 2.26. The maximum Gasteiger partial charge on any atom is 0.276 e. The maximum atomic E-state index is 13.2. The SMILES string of the molecule is CN1CCN(c2cccc3nc(CN(C)C4CCc5[nH]n(-c6ccccn6)c(=O)c5C4)c(CO)n23)CC1. The summed E-state index contributed by atoms with van der Waals surface area (Å²) in [5, 5.41) is 13.7. The zero-order chi connectivity index (χ0) is 25.5. The monoisotopic (exact) mass is 502 g/mol. The van der Waals surface area contributed by atoms with Gasteiger partial charge in [-0.15, -0.1) is 0 Å². The van der Waals surface area contributed by atoms with Crippen LogP contribution < -0.4 is 10.5 Å². The van der Waals surface area contributed by atoms with Gasteiger partial charge in [-0.2, -0.15) is 0 Å². The standard InChI is InChI=1S/C27H34N8O2/c1-31-12-14-33(15-13-31)26-8-5-7-25-29-22(23(18-36)34(25)26)17-32(2)19-9-10-21-20(16-19)27(37)35(30-21)24-6-3-4-11-28-24/h3-8,11,19,30,36H,9-10,12-18H2,1-2H3. The number of pyridine rings is 2. The van der Waals surface area contributed by atoms with E-state index >= 15 is 0 Å². The Bertz CT molecular complexity index is 1450. The van der Waals surface area contributed by atoms with E-state index in [-0.39, 0.29) is 18.2 Å². The molecule has 4 aromatic rings. The fourth-order valence-corrected chi connectivity index (χ4v) is 5.73. The topological polar surface area (TPSA) is 97.9 Å². The van der Waals surface area contributed by atoms with Crippen molar-refractivity contribution < 1.29 is 5.11 Å². The van der Waals surface area contributed by atoms with Gasteiger partial charge < -0.3 is 14.9 Å². The lowest BCUT2D eigenvalue weighted by molar-refractivity contribution is 0.207. The lowest BCUT2D eigenvalue weighted by Crippen LogP contribution is -2.45. The zero-order valence-electron chi connectivity index (χ0n) is 21.5. The van der Waals surface area contributed by atoms with Crippen LogP contribution in [0.15, 0.2) is 47.4 Å². The third-order valence-electron chi connectivity index (χ3n) is 7.92. The average molecular weight is 503 g/mol. The predicted molar refractivity (Wildman–Crippen MR) is 142 cm³/mol. The highest BCUT2D eigenvalue weighted by molar-refractivity contribution is 5.55. The van der Waals surface area contributed by atoms with E-state index in [1.54, 1.807) is 10.9 Å². The molecule has 10 nitrogen and oxygen atoms in total. The molecule has 4 aromatic heterocycles. The number of H-pyrrole nitrogens is 1. The lowest BCUT2D eigenvalue weighted by atomic mass is 9.92. The molecule has 0 radical (unpaired) electrons. The predicted octanol–water partition coefficient (Wildman–Crippen LogP) is 1.44. The average Bonchev–Trinajstić information content (AvgIpc) is 3.46. The fraction of sp³-hybridized carbons (Fsp3) is 0.444. The summed E-state index contributed by atoms with van der Waals surface area (Å²) in [6.07, 6.45) is 4.13. The second kappa shape index (κ2) is 9.77. The Morgan fingerprint density at radius 3 is 2.73 bits per heavy atom. The fourth-order valence-electron chi connectivity index (χ4n) is 5.73. The van der Waals surface area contributed by atoms with E-state index in [1.165, 1.54) is 0 Å². The summed E-state index contributed by atoms with van der Waals surface area (Å²) in [6.45, 7) is 4.46. The number of nitrogens with one attached hydrogen (secondary N) is 1. The number of aliphatic hydroxyl groups is 1. The largest absolute Gasteiger partial charge is 0.390 e. The van der Waals surface area contributed by atoms with Gasteiger partial charge in [0.25, 0.3) is 5.56 Å². The number of aromatic amines is 1. The molecule has 2 N–H and O–H groups in total. The van der Waals surface area contributed by atoms with Gasteiger partial charge >= 0.3 is 0 Å². The van der Waals surface area contributed by atoms with E-state index in [0.29, 0.717) is 18.8 Å². The number of anilines is 1. The Morgan fingerprint density at radius 2 is 1.97 bits per heavy atom. The number of fused-ring (bicyclic) bond motifs is 2. The van der Waals surface area contributed by atoms with Crippen LogP contribution in [0, 0.1) is 0 Å². The zero-order valence-corrected chi connectivity index (χ0v) is 21.5. The van der Waals surface area contributed by atoms with E-state index in [1.807, 2.05) is 30.3 Å². The molecular formula is C27H34N8O2. The number of nitrogens with zero attached hydrogens (tertiary/aromatic N) is 7. The molecular weight excluding hydrogens is 468 g/mol. The van der Waals surface area contributed by atoms with Crippen molar-refractivity contribution in [3.8, 4) is 5.82 Å². The number of likely N-dealkylation sites (N-methyl/N-ethyl adjacent to an activating group) is 2. The molecule has 1 saturated heterocycles. The summed E-state index contributed by atoms with van der Waals surface area (Å²) in [7, 11) is 4.24. The Kier molecular flexibility index (Phi) is 6.31. The first-order valence-corrected chi connectivity index (χ1v) is 13.0. The molecule has 10 heteroatoms. The van der Waals surface area contributed by atoms with Crippen LogP contribution in [-0.2, 0) is 26.0 Å². The molecule has 37 heavy (non-hydrogen) atoms. The van der Waals surface area contributed by atoms with Gasteiger partial charge in [0.15, 0.2) is 5.82 Å². The molecule has 0 amide bonds. The summed E-state index contributed by atoms with van der Waals surface area (Å²) in [4.78, 5) is 29.4. The first-order valence-electron chi connectivity index (χ1n) is 13.0. The van der Waals surface area contributed by atoms with Crippen molar-refractivity contribution in [2.75, 3.05) is 45.2 Å². The Balaban J connectivity index is 1.25. The number of aryl methyl sites for hydroxylation is 1. The minimum atomic E-state index is -0.0729. The molecule has 1 unspecified atom stereocenters. The van der Waals surface area contributed by atoms with Crippen LogP contribution in [0.3, 0.4) is 0 Å². The summed E-state index contributed by atoms with van der Waals surface area (Å²) < 4.78 is 3.67. The number of hydrogen-bond acceptors (Lipinski definition) is 7. The van der Waals surface area contributed by atoms with Gasteiger partial charge in [-0.1, -0.05) is 12.1 Å². The molecule has 1 aliphatic carbocycles. The smallest absolute Gasteiger partial charge is 0.276 e. The molecule has 2 aliphatic rings. The minimum Gasteiger partial charge on any atom is -0.390 e. The highest BCUT2D eigenvalue weighted by atomic mass is 16.3. The third-order valence-corrected chi connectivity index (χ3v) is 7.92. The second-order valence-corrected chi connectivity index (χ2v) is 10.2. The molecule has 0 aromatic carbocycles. The van der Waals surface area contributed by atoms with Crippen LogP contribution in [0.4, 0.5) is 5.82 Å². The van der Waals surface area contributed by atoms with Crippen molar-refractivity contribution in [1.82, 2.24) is 33.9 Å². The summed E-state index contributed by atoms with van der Waals surface area (Å²) in [5.74, 6) is 1.70. The number of piperazine rings is 1. The van der Waals surface area contributed by atoms with Crippen LogP contribution in [0.2, 0.25) is 0 Å². The van der Waals surface area contributed by atoms with Crippen molar-refractivity contribution in [1.29, 1.82) is 0 Å². The van der Waals surface area contributed by atoms with Gasteiger partial charge in [-0.25, -0.2) is 14.6 Å². The van der Waals surface area contributed by atoms with Gasteiger partial charge in [-0.3, -0.25) is 19.2 Å². The number of hydrogen-bond donors (Lipinski definition) is 2. The summed E-state index contributed by atoms with van der Waals surface area (Å²) in [5.41, 5.74) is 4.40. The Labute approximate surface area is 215 Å². The van der Waals surface area contributed by atoms with E-state index < -0.39 is 0 Å². The van der Waals surface area contributed by atoms with Gasteiger partial charge in [0.2, 0.25) is 0 Å². The normalized spacial score (nSPS) is 18.6. The molecule has 1 fully saturated rings. The van der Waals surface area contributed by atoms with Crippen molar-refractivity contribution >= 4 is 11.5 Å². The quantitative estimate of drug-likeness (QED) is 0.412. The molecule has 1 atom stereocenters. The number of aromatic nitrogens is 5. The van der Waals surface area contributed by atoms with Gasteiger partial charge in [0.1, 0.15) is 11.5 Å². The van der Waals surface area contributed by atoms with Crippen molar-refractivity contribution in [2.45, 2.75) is 38.5 Å². The minimum absolute atomic E-state index is 0.0209. The molecule has 6 rings (SSSR count). The van der Waals surface area contributed by atoms with Crippen LogP contribution >= 0.6 is 0 Å². The second-order valence-electron chi connectivity index (χ2n) is 10.2. The van der Waals surface area contributed by atoms with E-state index in [0.717, 1.165) is 73.1 Å². The summed E-state index contributed by atoms with van der Waals surface area (Å²) >= 11 is 0. The van der Waals surface area contributed by atoms with E-state index in [9.17, 15) is 9.90 Å². The number of imidazole rings is 1. The Hall–Kier alpha value is -3.47. The van der Waals surface area contributed by atoms with E-state index in [2.05, 4.69) is 49.3 Å². The first kappa shape index (κ1) is 23.9. The third kappa shape index (κ3) is 4.35. The molecule has 5 heterocycles. The lowest BCUT2D eigenvalue weighted by Gasteiger charge is -2.34. The maximum absolute atomic E-state index is 13.2. The van der Waals surface area contributed by atoms with Gasteiger partial charge in [0.05, 0.1) is 18.0 Å². The van der Waals surface area contributed by atoms with Crippen LogP contribution in [0.5, 0.6) is 0 Å². The van der Waals surface area contributed by atoms with E-state index in [4.69, 9.17) is 4.98 Å². The van der Waals surface area contributed by atoms with Crippen LogP contribution in [0.25, 0.3) is 11.5 Å². The van der Waals surface area contributed by atoms with Crippen LogP contribution in [-0.4, -0.2) is 85.4 Å². The molecule has 0 saturated carbocycles.